The number of carbonyl (C=O) groups excluding carboxylic acids is 1. The summed E-state index contributed by atoms with van der Waals surface area (Å²) >= 11 is 0. The van der Waals surface area contributed by atoms with Gasteiger partial charge in [-0.3, -0.25) is 4.79 Å². The number of benzene rings is 1. The van der Waals surface area contributed by atoms with Gasteiger partial charge in [0.1, 0.15) is 11.8 Å². The van der Waals surface area contributed by atoms with E-state index in [-0.39, 0.29) is 5.92 Å². The van der Waals surface area contributed by atoms with Crippen molar-refractivity contribution >= 4 is 11.9 Å². The third-order valence-electron chi connectivity index (χ3n) is 3.52. The molecule has 1 aromatic carbocycles. The maximum atomic E-state index is 12.9. The minimum Gasteiger partial charge on any atom is -0.480 e. The number of carbonyl (C=O) groups is 2. The van der Waals surface area contributed by atoms with E-state index in [2.05, 4.69) is 5.32 Å². The zero-order chi connectivity index (χ0) is 17.2. The zero-order valence-corrected chi connectivity index (χ0v) is 12.3. The van der Waals surface area contributed by atoms with Crippen LogP contribution >= 0.6 is 0 Å². The lowest BCUT2D eigenvalue weighted by molar-refractivity contribution is -0.144. The molecule has 2 N–H and O–H groups in total. The van der Waals surface area contributed by atoms with Gasteiger partial charge in [0, 0.05) is 0 Å². The second-order valence-electron chi connectivity index (χ2n) is 5.42. The molecule has 1 aliphatic carbocycles. The molecule has 0 saturated heterocycles. The van der Waals surface area contributed by atoms with Crippen LogP contribution in [0.5, 0.6) is 5.75 Å². The Hall–Kier alpha value is -2.25. The number of nitrogens with one attached hydrogen (secondary N) is 1. The van der Waals surface area contributed by atoms with E-state index in [4.69, 9.17) is 9.84 Å². The minimum absolute atomic E-state index is 0.133. The van der Waals surface area contributed by atoms with Crippen molar-refractivity contribution in [2.24, 2.45) is 5.92 Å². The lowest BCUT2D eigenvalue weighted by atomic mass is 10.1. The molecule has 2 atom stereocenters. The van der Waals surface area contributed by atoms with Crippen LogP contribution < -0.4 is 10.1 Å². The molecule has 1 amide bonds. The predicted molar refractivity (Wildman–Crippen MR) is 73.8 cm³/mol. The van der Waals surface area contributed by atoms with E-state index in [0.717, 1.165) is 12.1 Å². The Morgan fingerprint density at radius 1 is 1.30 bits per heavy atom. The van der Waals surface area contributed by atoms with Crippen LogP contribution in [0.1, 0.15) is 25.3 Å². The van der Waals surface area contributed by atoms with Crippen LogP contribution in [-0.2, 0) is 15.8 Å². The quantitative estimate of drug-likeness (QED) is 0.839. The van der Waals surface area contributed by atoms with Crippen LogP contribution in [0, 0.1) is 5.92 Å². The van der Waals surface area contributed by atoms with Crippen LogP contribution in [0.4, 0.5) is 13.2 Å². The van der Waals surface area contributed by atoms with Gasteiger partial charge in [-0.25, -0.2) is 4.79 Å². The van der Waals surface area contributed by atoms with Crippen molar-refractivity contribution in [3.05, 3.63) is 29.8 Å². The molecule has 5 nitrogen and oxygen atoms in total. The maximum absolute atomic E-state index is 12.9. The highest BCUT2D eigenvalue weighted by Crippen LogP contribution is 2.36. The first-order valence-electron chi connectivity index (χ1n) is 7.06. The molecule has 1 aliphatic rings. The first-order chi connectivity index (χ1) is 10.7. The number of amides is 1. The molecule has 0 spiro atoms. The van der Waals surface area contributed by atoms with E-state index in [1.54, 1.807) is 0 Å². The number of ether oxygens (including phenoxy) is 1. The van der Waals surface area contributed by atoms with E-state index >= 15 is 0 Å². The molecule has 0 bridgehead atoms. The number of carboxylic acids is 1. The number of aliphatic carboxylic acids is 1. The van der Waals surface area contributed by atoms with E-state index in [0.29, 0.717) is 12.8 Å². The Morgan fingerprint density at radius 2 is 1.91 bits per heavy atom. The first kappa shape index (κ1) is 17.1. The van der Waals surface area contributed by atoms with E-state index in [9.17, 15) is 22.8 Å². The van der Waals surface area contributed by atoms with Crippen molar-refractivity contribution in [1.82, 2.24) is 5.32 Å². The monoisotopic (exact) mass is 331 g/mol. The number of para-hydroxylation sites is 1. The number of hydrogen-bond donors (Lipinski definition) is 2. The van der Waals surface area contributed by atoms with Crippen molar-refractivity contribution in [2.45, 2.75) is 38.1 Å². The van der Waals surface area contributed by atoms with Gasteiger partial charge >= 0.3 is 12.1 Å². The van der Waals surface area contributed by atoms with Gasteiger partial charge in [0.25, 0.3) is 5.91 Å². The highest BCUT2D eigenvalue weighted by molar-refractivity contribution is 5.86. The lowest BCUT2D eigenvalue weighted by Crippen LogP contribution is -2.47. The number of halogens is 3. The van der Waals surface area contributed by atoms with Gasteiger partial charge < -0.3 is 15.2 Å². The number of alkyl halides is 3. The first-order valence-corrected chi connectivity index (χ1v) is 7.06. The Kier molecular flexibility index (Phi) is 4.82. The molecule has 23 heavy (non-hydrogen) atoms. The third-order valence-corrected chi connectivity index (χ3v) is 3.52. The van der Waals surface area contributed by atoms with Crippen LogP contribution in [0.2, 0.25) is 0 Å². The lowest BCUT2D eigenvalue weighted by Gasteiger charge is -2.20. The summed E-state index contributed by atoms with van der Waals surface area (Å²) in [6.07, 6.45) is -4.46. The van der Waals surface area contributed by atoms with Crippen molar-refractivity contribution in [3.63, 3.8) is 0 Å². The third kappa shape index (κ3) is 4.37. The molecule has 0 aromatic heterocycles. The summed E-state index contributed by atoms with van der Waals surface area (Å²) in [4.78, 5) is 23.1. The summed E-state index contributed by atoms with van der Waals surface area (Å²) in [6.45, 7) is 1.27. The molecule has 0 radical (unpaired) electrons. The molecule has 1 aromatic rings. The zero-order valence-electron chi connectivity index (χ0n) is 12.3. The largest absolute Gasteiger partial charge is 0.480 e. The molecule has 0 aliphatic heterocycles. The summed E-state index contributed by atoms with van der Waals surface area (Å²) < 4.78 is 43.7. The summed E-state index contributed by atoms with van der Waals surface area (Å²) in [5.74, 6) is -2.53. The predicted octanol–water partition coefficient (Wildman–Crippen LogP) is 2.45. The van der Waals surface area contributed by atoms with Crippen LogP contribution in [0.25, 0.3) is 0 Å². The van der Waals surface area contributed by atoms with Gasteiger partial charge in [-0.1, -0.05) is 12.1 Å². The fourth-order valence-corrected chi connectivity index (χ4v) is 2.13. The number of carboxylic acid groups (broad SMARTS) is 1. The summed E-state index contributed by atoms with van der Waals surface area (Å²) in [5, 5.41) is 11.4. The van der Waals surface area contributed by atoms with Crippen molar-refractivity contribution < 1.29 is 32.6 Å². The second-order valence-corrected chi connectivity index (χ2v) is 5.42. The summed E-state index contributed by atoms with van der Waals surface area (Å²) in [5.41, 5.74) is -0.989. The molecule has 1 fully saturated rings. The molecule has 1 saturated carbocycles. The molecular weight excluding hydrogens is 315 g/mol. The molecule has 0 heterocycles. The average molecular weight is 331 g/mol. The average Bonchev–Trinajstić information content (AvgIpc) is 3.28. The summed E-state index contributed by atoms with van der Waals surface area (Å²) in [7, 11) is 0. The number of hydrogen-bond acceptors (Lipinski definition) is 3. The van der Waals surface area contributed by atoms with Gasteiger partial charge in [0.2, 0.25) is 0 Å². The highest BCUT2D eigenvalue weighted by Gasteiger charge is 2.39. The van der Waals surface area contributed by atoms with Gasteiger partial charge in [-0.2, -0.15) is 13.2 Å². The molecule has 2 unspecified atom stereocenters. The standard InChI is InChI=1S/C15H16F3NO4/c1-8(13(20)19-12(14(21)22)9-6-7-9)23-11-5-3-2-4-10(11)15(16,17)18/h2-5,8-9,12H,6-7H2,1H3,(H,19,20)(H,21,22). The molecule has 126 valence electrons. The van der Waals surface area contributed by atoms with Crippen LogP contribution in [-0.4, -0.2) is 29.1 Å². The van der Waals surface area contributed by atoms with E-state index < -0.39 is 41.5 Å². The van der Waals surface area contributed by atoms with E-state index in [1.807, 2.05) is 0 Å². The Labute approximate surface area is 130 Å². The van der Waals surface area contributed by atoms with Crippen LogP contribution in [0.3, 0.4) is 0 Å². The van der Waals surface area contributed by atoms with E-state index in [1.165, 1.54) is 19.1 Å². The Balaban J connectivity index is 2.05. The van der Waals surface area contributed by atoms with Crippen molar-refractivity contribution in [2.75, 3.05) is 0 Å². The van der Waals surface area contributed by atoms with Gasteiger partial charge in [-0.05, 0) is 37.8 Å². The maximum Gasteiger partial charge on any atom is 0.419 e. The molecular formula is C15H16F3NO4. The number of rotatable bonds is 6. The second kappa shape index (κ2) is 6.47. The molecule has 8 heteroatoms. The summed E-state index contributed by atoms with van der Waals surface area (Å²) in [6, 6.07) is 3.51. The van der Waals surface area contributed by atoms with Crippen molar-refractivity contribution in [3.8, 4) is 5.75 Å². The van der Waals surface area contributed by atoms with Gasteiger partial charge in [0.05, 0.1) is 5.56 Å². The minimum atomic E-state index is -4.61. The highest BCUT2D eigenvalue weighted by atomic mass is 19.4. The fraction of sp³-hybridized carbons (Fsp3) is 0.467. The topological polar surface area (TPSA) is 75.6 Å². The smallest absolute Gasteiger partial charge is 0.419 e. The van der Waals surface area contributed by atoms with Gasteiger partial charge in [-0.15, -0.1) is 0 Å². The SMILES string of the molecule is CC(Oc1ccccc1C(F)(F)F)C(=O)NC(C(=O)O)C1CC1. The van der Waals surface area contributed by atoms with Gasteiger partial charge in [0.15, 0.2) is 6.10 Å². The fourth-order valence-electron chi connectivity index (χ4n) is 2.13. The Morgan fingerprint density at radius 3 is 2.43 bits per heavy atom. The molecule has 2 rings (SSSR count). The Bertz CT molecular complexity index is 599. The van der Waals surface area contributed by atoms with Crippen LogP contribution in [0.15, 0.2) is 24.3 Å². The van der Waals surface area contributed by atoms with Crippen molar-refractivity contribution in [1.29, 1.82) is 0 Å². The normalized spacial score (nSPS) is 17.2.